The van der Waals surface area contributed by atoms with Crippen molar-refractivity contribution in [2.45, 2.75) is 32.4 Å². The third-order valence-electron chi connectivity index (χ3n) is 2.80. The first kappa shape index (κ1) is 17.9. The number of rotatable bonds is 9. The number of aliphatic carboxylic acids is 1. The largest absolute Gasteiger partial charge is 0.494 e. The highest BCUT2D eigenvalue weighted by atomic mass is 16.5. The van der Waals surface area contributed by atoms with Crippen LogP contribution in [0.15, 0.2) is 24.3 Å². The fraction of sp³-hybridized carbons (Fsp3) is 0.467. The molecule has 0 aromatic heterocycles. The number of hydrogen-bond acceptors (Lipinski definition) is 5. The van der Waals surface area contributed by atoms with Crippen molar-refractivity contribution < 1.29 is 24.5 Å². The standard InChI is InChI=1S/C15H22N2O5/c1-3-22-12-6-4-11(5-7-12)17-14(19)8-13(15(20)21)16-9-10(2)18/h4-7,10,13,16,18H,3,8-9H2,1-2H3,(H,17,19)(H,20,21). The van der Waals surface area contributed by atoms with Crippen LogP contribution in [0.2, 0.25) is 0 Å². The van der Waals surface area contributed by atoms with Gasteiger partial charge in [0.25, 0.3) is 0 Å². The monoisotopic (exact) mass is 310 g/mol. The predicted molar refractivity (Wildman–Crippen MR) is 82.0 cm³/mol. The molecule has 2 unspecified atom stereocenters. The number of amides is 1. The Morgan fingerprint density at radius 3 is 2.41 bits per heavy atom. The summed E-state index contributed by atoms with van der Waals surface area (Å²) in [6, 6.07) is 5.76. The molecule has 0 spiro atoms. The molecule has 0 radical (unpaired) electrons. The molecule has 1 rings (SSSR count). The van der Waals surface area contributed by atoms with Crippen molar-refractivity contribution in [3.63, 3.8) is 0 Å². The molecule has 4 N–H and O–H groups in total. The lowest BCUT2D eigenvalue weighted by atomic mass is 10.2. The van der Waals surface area contributed by atoms with Gasteiger partial charge in [0.2, 0.25) is 5.91 Å². The van der Waals surface area contributed by atoms with E-state index in [1.165, 1.54) is 6.92 Å². The minimum atomic E-state index is -1.14. The van der Waals surface area contributed by atoms with Crippen LogP contribution in [0.1, 0.15) is 20.3 Å². The van der Waals surface area contributed by atoms with Crippen LogP contribution in [0.25, 0.3) is 0 Å². The number of anilines is 1. The second kappa shape index (κ2) is 9.01. The van der Waals surface area contributed by atoms with Crippen LogP contribution in [0.3, 0.4) is 0 Å². The van der Waals surface area contributed by atoms with Gasteiger partial charge in [-0.15, -0.1) is 0 Å². The number of aliphatic hydroxyl groups excluding tert-OH is 1. The quantitative estimate of drug-likeness (QED) is 0.538. The number of nitrogens with one attached hydrogen (secondary N) is 2. The van der Waals surface area contributed by atoms with Crippen molar-refractivity contribution in [2.75, 3.05) is 18.5 Å². The minimum absolute atomic E-state index is 0.104. The molecule has 0 saturated carbocycles. The molecule has 22 heavy (non-hydrogen) atoms. The van der Waals surface area contributed by atoms with Crippen molar-refractivity contribution in [3.8, 4) is 5.75 Å². The molecule has 1 aromatic rings. The number of carbonyl (C=O) groups excluding carboxylic acids is 1. The number of benzene rings is 1. The van der Waals surface area contributed by atoms with E-state index in [1.807, 2.05) is 6.92 Å². The van der Waals surface area contributed by atoms with Gasteiger partial charge in [-0.25, -0.2) is 0 Å². The third-order valence-corrected chi connectivity index (χ3v) is 2.80. The molecule has 1 aromatic carbocycles. The highest BCUT2D eigenvalue weighted by molar-refractivity contribution is 5.94. The van der Waals surface area contributed by atoms with Gasteiger partial charge in [0.05, 0.1) is 19.1 Å². The second-order valence-electron chi connectivity index (χ2n) is 4.86. The van der Waals surface area contributed by atoms with E-state index >= 15 is 0 Å². The highest BCUT2D eigenvalue weighted by Crippen LogP contribution is 2.15. The van der Waals surface area contributed by atoms with Crippen LogP contribution in [-0.2, 0) is 9.59 Å². The van der Waals surface area contributed by atoms with Gasteiger partial charge in [-0.2, -0.15) is 0 Å². The van der Waals surface area contributed by atoms with Gasteiger partial charge in [-0.1, -0.05) is 0 Å². The van der Waals surface area contributed by atoms with Crippen molar-refractivity contribution in [1.82, 2.24) is 5.32 Å². The van der Waals surface area contributed by atoms with E-state index in [1.54, 1.807) is 24.3 Å². The summed E-state index contributed by atoms with van der Waals surface area (Å²) in [5, 5.41) is 23.5. The van der Waals surface area contributed by atoms with Crippen LogP contribution in [-0.4, -0.2) is 47.4 Å². The number of hydrogen-bond donors (Lipinski definition) is 4. The summed E-state index contributed by atoms with van der Waals surface area (Å²) in [6.45, 7) is 4.07. The topological polar surface area (TPSA) is 108 Å². The third kappa shape index (κ3) is 6.55. The Kier molecular flexibility index (Phi) is 7.34. The number of ether oxygens (including phenoxy) is 1. The van der Waals surface area contributed by atoms with E-state index < -0.39 is 24.0 Å². The Morgan fingerprint density at radius 2 is 1.91 bits per heavy atom. The van der Waals surface area contributed by atoms with Gasteiger partial charge in [-0.05, 0) is 38.1 Å². The van der Waals surface area contributed by atoms with E-state index in [-0.39, 0.29) is 13.0 Å². The molecule has 2 atom stereocenters. The van der Waals surface area contributed by atoms with Crippen molar-refractivity contribution in [1.29, 1.82) is 0 Å². The van der Waals surface area contributed by atoms with Gasteiger partial charge in [0, 0.05) is 12.2 Å². The van der Waals surface area contributed by atoms with E-state index in [2.05, 4.69) is 10.6 Å². The molecule has 0 bridgehead atoms. The summed E-state index contributed by atoms with van der Waals surface area (Å²) in [5.74, 6) is -0.861. The summed E-state index contributed by atoms with van der Waals surface area (Å²) < 4.78 is 5.29. The molecular weight excluding hydrogens is 288 g/mol. The zero-order valence-electron chi connectivity index (χ0n) is 12.7. The molecular formula is C15H22N2O5. The van der Waals surface area contributed by atoms with Gasteiger partial charge in [-0.3, -0.25) is 9.59 Å². The average molecular weight is 310 g/mol. The lowest BCUT2D eigenvalue weighted by molar-refractivity contribution is -0.141. The maximum absolute atomic E-state index is 11.9. The van der Waals surface area contributed by atoms with Gasteiger partial charge >= 0.3 is 5.97 Å². The minimum Gasteiger partial charge on any atom is -0.494 e. The van der Waals surface area contributed by atoms with E-state index in [0.717, 1.165) is 0 Å². The zero-order valence-corrected chi connectivity index (χ0v) is 12.7. The van der Waals surface area contributed by atoms with Crippen LogP contribution in [0.5, 0.6) is 5.75 Å². The van der Waals surface area contributed by atoms with E-state index in [0.29, 0.717) is 18.0 Å². The van der Waals surface area contributed by atoms with Crippen LogP contribution >= 0.6 is 0 Å². The Balaban J connectivity index is 2.53. The molecule has 1 amide bonds. The summed E-state index contributed by atoms with van der Waals surface area (Å²) in [4.78, 5) is 23.0. The SMILES string of the molecule is CCOc1ccc(NC(=O)CC(NCC(C)O)C(=O)O)cc1. The lowest BCUT2D eigenvalue weighted by Crippen LogP contribution is -2.42. The Hall–Kier alpha value is -2.12. The van der Waals surface area contributed by atoms with Crippen LogP contribution < -0.4 is 15.4 Å². The number of carbonyl (C=O) groups is 2. The summed E-state index contributed by atoms with van der Waals surface area (Å²) in [7, 11) is 0. The van der Waals surface area contributed by atoms with Gasteiger partial charge < -0.3 is 25.6 Å². The molecule has 0 aliphatic carbocycles. The summed E-state index contributed by atoms with van der Waals surface area (Å²) in [5.41, 5.74) is 0.563. The molecule has 7 heteroatoms. The normalized spacial score (nSPS) is 13.2. The predicted octanol–water partition coefficient (Wildman–Crippen LogP) is 0.837. The van der Waals surface area contributed by atoms with Crippen molar-refractivity contribution in [3.05, 3.63) is 24.3 Å². The van der Waals surface area contributed by atoms with Crippen LogP contribution in [0, 0.1) is 0 Å². The van der Waals surface area contributed by atoms with E-state index in [9.17, 15) is 9.59 Å². The molecule has 7 nitrogen and oxygen atoms in total. The molecule has 0 fully saturated rings. The molecule has 0 aliphatic rings. The molecule has 122 valence electrons. The average Bonchev–Trinajstić information content (AvgIpc) is 2.45. The van der Waals surface area contributed by atoms with E-state index in [4.69, 9.17) is 14.9 Å². The Bertz CT molecular complexity index is 487. The maximum atomic E-state index is 11.9. The Morgan fingerprint density at radius 1 is 1.27 bits per heavy atom. The zero-order chi connectivity index (χ0) is 16.5. The van der Waals surface area contributed by atoms with Gasteiger partial charge in [0.1, 0.15) is 11.8 Å². The summed E-state index contributed by atoms with van der Waals surface area (Å²) >= 11 is 0. The first-order valence-electron chi connectivity index (χ1n) is 7.09. The smallest absolute Gasteiger partial charge is 0.321 e. The first-order chi connectivity index (χ1) is 10.4. The fourth-order valence-corrected chi connectivity index (χ4v) is 1.76. The van der Waals surface area contributed by atoms with Crippen molar-refractivity contribution >= 4 is 17.6 Å². The van der Waals surface area contributed by atoms with Gasteiger partial charge in [0.15, 0.2) is 0 Å². The highest BCUT2D eigenvalue weighted by Gasteiger charge is 2.21. The Labute approximate surface area is 129 Å². The molecule has 0 heterocycles. The first-order valence-corrected chi connectivity index (χ1v) is 7.09. The number of carboxylic acids is 1. The number of aliphatic hydroxyl groups is 1. The van der Waals surface area contributed by atoms with Crippen LogP contribution in [0.4, 0.5) is 5.69 Å². The fourth-order valence-electron chi connectivity index (χ4n) is 1.76. The molecule has 0 aliphatic heterocycles. The lowest BCUT2D eigenvalue weighted by Gasteiger charge is -2.15. The maximum Gasteiger partial charge on any atom is 0.321 e. The molecule has 0 saturated heterocycles. The second-order valence-corrected chi connectivity index (χ2v) is 4.86. The number of carboxylic acid groups (broad SMARTS) is 1. The van der Waals surface area contributed by atoms with Crippen molar-refractivity contribution in [2.24, 2.45) is 0 Å². The summed E-state index contributed by atoms with van der Waals surface area (Å²) in [6.07, 6.45) is -0.911.